The first-order valence-electron chi connectivity index (χ1n) is 4.40. The van der Waals surface area contributed by atoms with Gasteiger partial charge >= 0.3 is 0 Å². The summed E-state index contributed by atoms with van der Waals surface area (Å²) in [5.74, 6) is -0.356. The van der Waals surface area contributed by atoms with Crippen molar-refractivity contribution in [1.29, 1.82) is 0 Å². The van der Waals surface area contributed by atoms with E-state index in [-0.39, 0.29) is 18.5 Å². The third-order valence-corrected chi connectivity index (χ3v) is 2.63. The number of aliphatic hydroxyl groups is 1. The number of nitrogens with one attached hydrogen (secondary N) is 1. The lowest BCUT2D eigenvalue weighted by atomic mass is 10.2. The van der Waals surface area contributed by atoms with Gasteiger partial charge in [0.25, 0.3) is 0 Å². The molecule has 0 unspecified atom stereocenters. The van der Waals surface area contributed by atoms with Crippen molar-refractivity contribution in [3.63, 3.8) is 0 Å². The summed E-state index contributed by atoms with van der Waals surface area (Å²) in [5, 5.41) is 11.9. The van der Waals surface area contributed by atoms with E-state index in [1.165, 1.54) is 0 Å². The zero-order valence-corrected chi connectivity index (χ0v) is 9.73. The highest BCUT2D eigenvalue weighted by Crippen LogP contribution is 2.27. The summed E-state index contributed by atoms with van der Waals surface area (Å²) in [4.78, 5) is 0. The normalized spacial score (nSPS) is 10.7. The molecule has 0 saturated heterocycles. The van der Waals surface area contributed by atoms with Gasteiger partial charge in [0.05, 0.1) is 16.8 Å². The van der Waals surface area contributed by atoms with Crippen LogP contribution in [0, 0.1) is 5.82 Å². The third kappa shape index (κ3) is 2.45. The number of aliphatic hydroxyl groups excluding tert-OH is 1. The molecule has 14 heavy (non-hydrogen) atoms. The van der Waals surface area contributed by atoms with Gasteiger partial charge in [-0.15, -0.1) is 0 Å². The predicted molar refractivity (Wildman–Crippen MR) is 58.8 cm³/mol. The highest BCUT2D eigenvalue weighted by molar-refractivity contribution is 9.10. The molecule has 2 nitrogen and oxygen atoms in total. The van der Waals surface area contributed by atoms with Crippen molar-refractivity contribution in [2.75, 3.05) is 5.32 Å². The van der Waals surface area contributed by atoms with Crippen LogP contribution in [0.3, 0.4) is 0 Å². The van der Waals surface area contributed by atoms with Crippen LogP contribution in [0.15, 0.2) is 16.6 Å². The van der Waals surface area contributed by atoms with Gasteiger partial charge in [-0.05, 0) is 41.4 Å². The third-order valence-electron chi connectivity index (χ3n) is 1.78. The molecule has 0 aromatic heterocycles. The van der Waals surface area contributed by atoms with Crippen molar-refractivity contribution in [3.8, 4) is 0 Å². The van der Waals surface area contributed by atoms with E-state index < -0.39 is 0 Å². The molecule has 2 N–H and O–H groups in total. The van der Waals surface area contributed by atoms with E-state index >= 15 is 0 Å². The molecule has 0 fully saturated rings. The molecule has 0 aliphatic heterocycles. The van der Waals surface area contributed by atoms with E-state index in [1.807, 2.05) is 13.8 Å². The standard InChI is InChI=1S/C10H13BrFNO/c1-6(2)13-8-4-3-7(5-14)9(11)10(8)12/h3-4,6,13-14H,5H2,1-2H3. The van der Waals surface area contributed by atoms with Crippen LogP contribution in [-0.2, 0) is 6.61 Å². The fourth-order valence-corrected chi connectivity index (χ4v) is 1.61. The highest BCUT2D eigenvalue weighted by Gasteiger charge is 2.10. The second-order valence-corrected chi connectivity index (χ2v) is 4.15. The van der Waals surface area contributed by atoms with Crippen molar-refractivity contribution in [3.05, 3.63) is 28.0 Å². The average Bonchev–Trinajstić information content (AvgIpc) is 2.13. The van der Waals surface area contributed by atoms with Crippen LogP contribution in [0.4, 0.5) is 10.1 Å². The maximum Gasteiger partial charge on any atom is 0.160 e. The van der Waals surface area contributed by atoms with E-state index in [9.17, 15) is 4.39 Å². The number of hydrogen-bond donors (Lipinski definition) is 2. The van der Waals surface area contributed by atoms with Crippen molar-refractivity contribution in [2.24, 2.45) is 0 Å². The molecule has 4 heteroatoms. The molecule has 0 amide bonds. The smallest absolute Gasteiger partial charge is 0.160 e. The van der Waals surface area contributed by atoms with Crippen LogP contribution >= 0.6 is 15.9 Å². The second kappa shape index (κ2) is 4.75. The Bertz CT molecular complexity index is 328. The molecule has 1 rings (SSSR count). The molecule has 0 bridgehead atoms. The molecular formula is C10H13BrFNO. The predicted octanol–water partition coefficient (Wildman–Crippen LogP) is 2.90. The van der Waals surface area contributed by atoms with Gasteiger partial charge in [0.2, 0.25) is 0 Å². The first-order chi connectivity index (χ1) is 6.56. The minimum Gasteiger partial charge on any atom is -0.392 e. The zero-order valence-electron chi connectivity index (χ0n) is 8.14. The number of anilines is 1. The van der Waals surface area contributed by atoms with Gasteiger partial charge in [-0.3, -0.25) is 0 Å². The van der Waals surface area contributed by atoms with Crippen molar-refractivity contribution >= 4 is 21.6 Å². The van der Waals surface area contributed by atoms with E-state index in [2.05, 4.69) is 21.2 Å². The molecule has 1 aromatic rings. The summed E-state index contributed by atoms with van der Waals surface area (Å²) in [6, 6.07) is 3.50. The SMILES string of the molecule is CC(C)Nc1ccc(CO)c(Br)c1F. The number of rotatable bonds is 3. The van der Waals surface area contributed by atoms with E-state index in [0.717, 1.165) is 0 Å². The average molecular weight is 262 g/mol. The maximum atomic E-state index is 13.6. The Morgan fingerprint density at radius 3 is 2.64 bits per heavy atom. The summed E-state index contributed by atoms with van der Waals surface area (Å²) in [7, 11) is 0. The molecule has 78 valence electrons. The lowest BCUT2D eigenvalue weighted by Crippen LogP contribution is -2.11. The van der Waals surface area contributed by atoms with Crippen LogP contribution in [0.2, 0.25) is 0 Å². The molecule has 0 atom stereocenters. The molecule has 1 aromatic carbocycles. The minimum absolute atomic E-state index is 0.167. The van der Waals surface area contributed by atoms with Crippen molar-refractivity contribution in [1.82, 2.24) is 0 Å². The quantitative estimate of drug-likeness (QED) is 0.877. The van der Waals surface area contributed by atoms with Crippen LogP contribution in [0.1, 0.15) is 19.4 Å². The van der Waals surface area contributed by atoms with Crippen LogP contribution in [-0.4, -0.2) is 11.1 Å². The van der Waals surface area contributed by atoms with E-state index in [4.69, 9.17) is 5.11 Å². The minimum atomic E-state index is -0.356. The molecule has 0 aliphatic rings. The van der Waals surface area contributed by atoms with E-state index in [0.29, 0.717) is 15.7 Å². The highest BCUT2D eigenvalue weighted by atomic mass is 79.9. The number of benzene rings is 1. The molecular weight excluding hydrogens is 249 g/mol. The van der Waals surface area contributed by atoms with Crippen molar-refractivity contribution < 1.29 is 9.50 Å². The first-order valence-corrected chi connectivity index (χ1v) is 5.19. The van der Waals surface area contributed by atoms with Gasteiger partial charge in [0.1, 0.15) is 0 Å². The second-order valence-electron chi connectivity index (χ2n) is 3.36. The van der Waals surface area contributed by atoms with Gasteiger partial charge in [-0.25, -0.2) is 4.39 Å². The van der Waals surface area contributed by atoms with Gasteiger partial charge < -0.3 is 10.4 Å². The Labute approximate surface area is 91.3 Å². The van der Waals surface area contributed by atoms with Gasteiger partial charge in [0, 0.05) is 6.04 Å². The van der Waals surface area contributed by atoms with Crippen LogP contribution in [0.25, 0.3) is 0 Å². The summed E-state index contributed by atoms with van der Waals surface area (Å²) in [6.45, 7) is 3.71. The topological polar surface area (TPSA) is 32.3 Å². The molecule has 0 saturated carbocycles. The van der Waals surface area contributed by atoms with Gasteiger partial charge in [-0.2, -0.15) is 0 Å². The summed E-state index contributed by atoms with van der Waals surface area (Å²) >= 11 is 3.11. The Hall–Kier alpha value is -0.610. The van der Waals surface area contributed by atoms with Crippen LogP contribution in [0.5, 0.6) is 0 Å². The van der Waals surface area contributed by atoms with Crippen LogP contribution < -0.4 is 5.32 Å². The number of halogens is 2. The van der Waals surface area contributed by atoms with Gasteiger partial charge in [-0.1, -0.05) is 6.07 Å². The van der Waals surface area contributed by atoms with Crippen molar-refractivity contribution in [2.45, 2.75) is 26.5 Å². The maximum absolute atomic E-state index is 13.6. The lowest BCUT2D eigenvalue weighted by molar-refractivity contribution is 0.280. The molecule has 0 aliphatic carbocycles. The van der Waals surface area contributed by atoms with Gasteiger partial charge in [0.15, 0.2) is 5.82 Å². The number of hydrogen-bond acceptors (Lipinski definition) is 2. The Kier molecular flexibility index (Phi) is 3.89. The molecule has 0 spiro atoms. The molecule has 0 heterocycles. The summed E-state index contributed by atoms with van der Waals surface area (Å²) < 4.78 is 13.9. The molecule has 0 radical (unpaired) electrons. The fourth-order valence-electron chi connectivity index (χ4n) is 1.13. The van der Waals surface area contributed by atoms with E-state index in [1.54, 1.807) is 12.1 Å². The Balaban J connectivity index is 3.04. The first kappa shape index (κ1) is 11.5. The Morgan fingerprint density at radius 2 is 2.14 bits per heavy atom. The Morgan fingerprint density at radius 1 is 1.50 bits per heavy atom. The zero-order chi connectivity index (χ0) is 10.7. The monoisotopic (exact) mass is 261 g/mol. The summed E-state index contributed by atoms with van der Waals surface area (Å²) in [5.41, 5.74) is 1.00. The largest absolute Gasteiger partial charge is 0.392 e. The fraction of sp³-hybridized carbons (Fsp3) is 0.400. The lowest BCUT2D eigenvalue weighted by Gasteiger charge is -2.13. The summed E-state index contributed by atoms with van der Waals surface area (Å²) in [6.07, 6.45) is 0.